The van der Waals surface area contributed by atoms with Gasteiger partial charge in [0.2, 0.25) is 0 Å². The highest BCUT2D eigenvalue weighted by atomic mass is 32.2. The number of carbonyl (C=O) groups is 1. The molecule has 4 aromatic rings. The minimum Gasteiger partial charge on any atom is -0.396 e. The van der Waals surface area contributed by atoms with Crippen molar-refractivity contribution in [2.75, 3.05) is 18.1 Å². The fourth-order valence-corrected chi connectivity index (χ4v) is 6.08. The van der Waals surface area contributed by atoms with Crippen LogP contribution < -0.4 is 5.32 Å². The molecule has 0 radical (unpaired) electrons. The number of benzene rings is 4. The van der Waals surface area contributed by atoms with Crippen molar-refractivity contribution in [2.45, 2.75) is 38.6 Å². The number of amides is 1. The first-order valence-electron chi connectivity index (χ1n) is 14.3. The number of rotatable bonds is 11. The Morgan fingerprint density at radius 3 is 2.29 bits per heavy atom. The molecule has 1 saturated heterocycles. The zero-order chi connectivity index (χ0) is 29.3. The summed E-state index contributed by atoms with van der Waals surface area (Å²) in [6.07, 6.45) is -0.809. The molecule has 4 unspecified atom stereocenters. The molecular weight excluding hydrogens is 546 g/mol. The van der Waals surface area contributed by atoms with Gasteiger partial charge in [0.1, 0.15) is 0 Å². The van der Waals surface area contributed by atoms with Crippen LogP contribution in [0.25, 0.3) is 11.1 Å². The molecular formula is C35H37NO5S. The maximum Gasteiger partial charge on any atom is 0.251 e. The van der Waals surface area contributed by atoms with Gasteiger partial charge in [-0.15, -0.1) is 0 Å². The Morgan fingerprint density at radius 1 is 0.810 bits per heavy atom. The Labute approximate surface area is 251 Å². The van der Waals surface area contributed by atoms with E-state index in [4.69, 9.17) is 9.47 Å². The van der Waals surface area contributed by atoms with Gasteiger partial charge in [-0.1, -0.05) is 85.8 Å². The number of aliphatic hydroxyl groups excluding tert-OH is 2. The molecule has 218 valence electrons. The van der Waals surface area contributed by atoms with Crippen molar-refractivity contribution in [3.05, 3.63) is 131 Å². The number of nitrogens with one attached hydrogen (secondary N) is 1. The van der Waals surface area contributed by atoms with Crippen LogP contribution in [0.3, 0.4) is 0 Å². The van der Waals surface area contributed by atoms with Gasteiger partial charge < -0.3 is 25.0 Å². The molecule has 1 fully saturated rings. The van der Waals surface area contributed by atoms with E-state index in [1.54, 1.807) is 23.9 Å². The summed E-state index contributed by atoms with van der Waals surface area (Å²) in [5.41, 5.74) is 6.55. The fourth-order valence-electron chi connectivity index (χ4n) is 5.17. The van der Waals surface area contributed by atoms with Gasteiger partial charge in [-0.05, 0) is 52.1 Å². The summed E-state index contributed by atoms with van der Waals surface area (Å²) < 4.78 is 13.1. The first-order chi connectivity index (χ1) is 20.6. The van der Waals surface area contributed by atoms with Crippen LogP contribution in [-0.4, -0.2) is 40.3 Å². The molecule has 0 saturated carbocycles. The third kappa shape index (κ3) is 7.48. The van der Waals surface area contributed by atoms with Crippen molar-refractivity contribution in [2.24, 2.45) is 5.92 Å². The van der Waals surface area contributed by atoms with E-state index < -0.39 is 6.29 Å². The van der Waals surface area contributed by atoms with Gasteiger partial charge in [0, 0.05) is 35.1 Å². The second-order valence-corrected chi connectivity index (χ2v) is 11.6. The Bertz CT molecular complexity index is 1450. The molecule has 42 heavy (non-hydrogen) atoms. The van der Waals surface area contributed by atoms with E-state index >= 15 is 0 Å². The van der Waals surface area contributed by atoms with Crippen molar-refractivity contribution < 1.29 is 24.5 Å². The molecule has 0 aromatic heterocycles. The standard InChI is InChI=1S/C35H37NO5S/c1-24-32(23-42-18-17-37)40-35(41-33(24)27-15-13-25(22-38)14-16-27)31-12-6-11-30(20-31)29-10-5-7-26(19-29)21-36-34(39)28-8-3-2-4-9-28/h2-16,19-20,24,32-33,35,37-38H,17-18,21-23H2,1H3,(H,36,39). The smallest absolute Gasteiger partial charge is 0.251 e. The van der Waals surface area contributed by atoms with Crippen LogP contribution in [-0.2, 0) is 22.6 Å². The molecule has 1 aliphatic rings. The Balaban J connectivity index is 1.35. The summed E-state index contributed by atoms with van der Waals surface area (Å²) in [5.74, 6) is 1.41. The Kier molecular flexibility index (Phi) is 10.5. The molecule has 3 N–H and O–H groups in total. The highest BCUT2D eigenvalue weighted by molar-refractivity contribution is 7.99. The van der Waals surface area contributed by atoms with Crippen LogP contribution >= 0.6 is 11.8 Å². The molecule has 0 bridgehead atoms. The van der Waals surface area contributed by atoms with Crippen molar-refractivity contribution in [1.82, 2.24) is 5.32 Å². The van der Waals surface area contributed by atoms with Gasteiger partial charge in [0.05, 0.1) is 25.4 Å². The van der Waals surface area contributed by atoms with E-state index in [0.29, 0.717) is 17.9 Å². The van der Waals surface area contributed by atoms with Crippen molar-refractivity contribution in [1.29, 1.82) is 0 Å². The minimum atomic E-state index is -0.559. The number of carbonyl (C=O) groups excluding carboxylic acids is 1. The van der Waals surface area contributed by atoms with Crippen LogP contribution in [0, 0.1) is 5.92 Å². The number of thioether (sulfide) groups is 1. The summed E-state index contributed by atoms with van der Waals surface area (Å²) in [7, 11) is 0. The average Bonchev–Trinajstić information content (AvgIpc) is 3.05. The lowest BCUT2D eigenvalue weighted by Gasteiger charge is -2.41. The van der Waals surface area contributed by atoms with Gasteiger partial charge in [0.25, 0.3) is 5.91 Å². The van der Waals surface area contributed by atoms with Crippen LogP contribution in [0.2, 0.25) is 0 Å². The molecule has 6 nitrogen and oxygen atoms in total. The molecule has 4 atom stereocenters. The van der Waals surface area contributed by atoms with Crippen LogP contribution in [0.5, 0.6) is 0 Å². The average molecular weight is 584 g/mol. The van der Waals surface area contributed by atoms with Gasteiger partial charge in [-0.3, -0.25) is 4.79 Å². The summed E-state index contributed by atoms with van der Waals surface area (Å²) in [6, 6.07) is 33.5. The predicted octanol–water partition coefficient (Wildman–Crippen LogP) is 6.29. The van der Waals surface area contributed by atoms with Crippen LogP contribution in [0.15, 0.2) is 103 Å². The second-order valence-electron chi connectivity index (χ2n) is 10.5. The number of ether oxygens (including phenoxy) is 2. The van der Waals surface area contributed by atoms with E-state index in [0.717, 1.165) is 39.1 Å². The summed E-state index contributed by atoms with van der Waals surface area (Å²) in [4.78, 5) is 12.5. The first kappa shape index (κ1) is 30.0. The van der Waals surface area contributed by atoms with E-state index in [9.17, 15) is 15.0 Å². The summed E-state index contributed by atoms with van der Waals surface area (Å²) in [5, 5.41) is 21.8. The van der Waals surface area contributed by atoms with Gasteiger partial charge >= 0.3 is 0 Å². The van der Waals surface area contributed by atoms with Crippen molar-refractivity contribution >= 4 is 17.7 Å². The quantitative estimate of drug-likeness (QED) is 0.180. The summed E-state index contributed by atoms with van der Waals surface area (Å²) >= 11 is 1.68. The lowest BCUT2D eigenvalue weighted by Crippen LogP contribution is -2.38. The maximum absolute atomic E-state index is 12.5. The zero-order valence-corrected chi connectivity index (χ0v) is 24.5. The molecule has 1 amide bonds. The van der Waals surface area contributed by atoms with Gasteiger partial charge in [-0.25, -0.2) is 0 Å². The van der Waals surface area contributed by atoms with Crippen LogP contribution in [0.4, 0.5) is 0 Å². The molecule has 4 aromatic carbocycles. The topological polar surface area (TPSA) is 88.0 Å². The molecule has 5 rings (SSSR count). The van der Waals surface area contributed by atoms with E-state index in [-0.39, 0.29) is 37.2 Å². The van der Waals surface area contributed by atoms with Crippen LogP contribution in [0.1, 0.15) is 51.9 Å². The summed E-state index contributed by atoms with van der Waals surface area (Å²) in [6.45, 7) is 2.71. The largest absolute Gasteiger partial charge is 0.396 e. The van der Waals surface area contributed by atoms with Crippen molar-refractivity contribution in [3.63, 3.8) is 0 Å². The minimum absolute atomic E-state index is 0.000900. The number of hydrogen-bond donors (Lipinski definition) is 3. The lowest BCUT2D eigenvalue weighted by atomic mass is 9.91. The highest BCUT2D eigenvalue weighted by Crippen LogP contribution is 2.43. The fraction of sp³-hybridized carbons (Fsp3) is 0.286. The number of hydrogen-bond acceptors (Lipinski definition) is 6. The van der Waals surface area contributed by atoms with E-state index in [2.05, 4.69) is 36.5 Å². The maximum atomic E-state index is 12.5. The zero-order valence-electron chi connectivity index (χ0n) is 23.7. The predicted molar refractivity (Wildman–Crippen MR) is 167 cm³/mol. The lowest BCUT2D eigenvalue weighted by molar-refractivity contribution is -0.268. The monoisotopic (exact) mass is 583 g/mol. The van der Waals surface area contributed by atoms with Gasteiger partial charge in [-0.2, -0.15) is 11.8 Å². The van der Waals surface area contributed by atoms with E-state index in [1.807, 2.05) is 66.7 Å². The Morgan fingerprint density at radius 2 is 1.55 bits per heavy atom. The van der Waals surface area contributed by atoms with Gasteiger partial charge in [0.15, 0.2) is 6.29 Å². The SMILES string of the molecule is CC1C(CSCCO)OC(c2cccc(-c3cccc(CNC(=O)c4ccccc4)c3)c2)OC1c1ccc(CO)cc1. The third-order valence-electron chi connectivity index (χ3n) is 7.55. The molecule has 1 heterocycles. The third-order valence-corrected chi connectivity index (χ3v) is 8.58. The second kappa shape index (κ2) is 14.6. The number of aliphatic hydroxyl groups is 2. The molecule has 0 spiro atoms. The highest BCUT2D eigenvalue weighted by Gasteiger charge is 2.38. The van der Waals surface area contributed by atoms with E-state index in [1.165, 1.54) is 0 Å². The Hall–Kier alpha value is -3.46. The molecule has 0 aliphatic carbocycles. The first-order valence-corrected chi connectivity index (χ1v) is 15.4. The van der Waals surface area contributed by atoms with Crippen molar-refractivity contribution in [3.8, 4) is 11.1 Å². The molecule has 7 heteroatoms. The normalized spacial score (nSPS) is 20.3. The molecule has 1 aliphatic heterocycles.